The SMILES string of the molecule is CC(C)NC(=O)C1CN(c2cc(Nc3ncc(C#N)s3)ncn2)CCN1. The van der Waals surface area contributed by atoms with Crippen LogP contribution in [0.3, 0.4) is 0 Å². The molecule has 1 atom stereocenters. The zero-order chi connectivity index (χ0) is 18.5. The van der Waals surface area contributed by atoms with Gasteiger partial charge in [0.15, 0.2) is 5.13 Å². The lowest BCUT2D eigenvalue weighted by atomic mass is 10.2. The van der Waals surface area contributed by atoms with E-state index in [0.29, 0.717) is 28.9 Å². The number of hydrogen-bond acceptors (Lipinski definition) is 9. The summed E-state index contributed by atoms with van der Waals surface area (Å²) in [7, 11) is 0. The van der Waals surface area contributed by atoms with E-state index in [-0.39, 0.29) is 18.0 Å². The van der Waals surface area contributed by atoms with Gasteiger partial charge < -0.3 is 20.9 Å². The van der Waals surface area contributed by atoms with Crippen LogP contribution in [0.1, 0.15) is 18.7 Å². The Morgan fingerprint density at radius 1 is 1.46 bits per heavy atom. The molecule has 0 saturated carbocycles. The first-order valence-corrected chi connectivity index (χ1v) is 9.10. The van der Waals surface area contributed by atoms with E-state index < -0.39 is 0 Å². The minimum absolute atomic E-state index is 0.0103. The Hall–Kier alpha value is -2.77. The maximum atomic E-state index is 12.2. The zero-order valence-electron chi connectivity index (χ0n) is 14.6. The van der Waals surface area contributed by atoms with Crippen LogP contribution in [0, 0.1) is 11.3 Å². The third-order valence-corrected chi connectivity index (χ3v) is 4.57. The molecule has 9 nitrogen and oxygen atoms in total. The maximum Gasteiger partial charge on any atom is 0.239 e. The minimum Gasteiger partial charge on any atom is -0.353 e. The fourth-order valence-electron chi connectivity index (χ4n) is 2.60. The standard InChI is InChI=1S/C16H20N8OS/c1-10(2)22-15(25)12-8-24(4-3-18-12)14-5-13(20-9-21-14)23-16-19-7-11(6-17)26-16/h5,7,9-10,12,18H,3-4,8H2,1-2H3,(H,22,25)(H,19,20,21,23). The summed E-state index contributed by atoms with van der Waals surface area (Å²) in [5, 5.41) is 18.7. The van der Waals surface area contributed by atoms with Crippen molar-refractivity contribution in [1.29, 1.82) is 5.26 Å². The van der Waals surface area contributed by atoms with Crippen molar-refractivity contribution in [2.75, 3.05) is 29.9 Å². The number of nitrogens with one attached hydrogen (secondary N) is 3. The van der Waals surface area contributed by atoms with Gasteiger partial charge in [0, 0.05) is 31.7 Å². The van der Waals surface area contributed by atoms with Crippen LogP contribution < -0.4 is 20.9 Å². The highest BCUT2D eigenvalue weighted by atomic mass is 32.1. The molecule has 2 aromatic rings. The molecule has 0 bridgehead atoms. The first-order valence-electron chi connectivity index (χ1n) is 8.29. The second-order valence-corrected chi connectivity index (χ2v) is 7.17. The Morgan fingerprint density at radius 3 is 3.04 bits per heavy atom. The molecule has 1 aliphatic heterocycles. The molecule has 26 heavy (non-hydrogen) atoms. The summed E-state index contributed by atoms with van der Waals surface area (Å²) in [6, 6.07) is 3.69. The van der Waals surface area contributed by atoms with E-state index in [9.17, 15) is 4.79 Å². The van der Waals surface area contributed by atoms with Crippen molar-refractivity contribution < 1.29 is 4.79 Å². The molecule has 3 N–H and O–H groups in total. The molecule has 10 heteroatoms. The van der Waals surface area contributed by atoms with Gasteiger partial charge in [0.05, 0.1) is 6.20 Å². The summed E-state index contributed by atoms with van der Waals surface area (Å²) >= 11 is 1.26. The smallest absolute Gasteiger partial charge is 0.239 e. The van der Waals surface area contributed by atoms with Crippen LogP contribution in [-0.4, -0.2) is 52.6 Å². The average molecular weight is 372 g/mol. The number of aromatic nitrogens is 3. The van der Waals surface area contributed by atoms with Crippen molar-refractivity contribution >= 4 is 34.0 Å². The number of rotatable bonds is 5. The molecular weight excluding hydrogens is 352 g/mol. The van der Waals surface area contributed by atoms with Crippen molar-refractivity contribution in [3.63, 3.8) is 0 Å². The number of amides is 1. The van der Waals surface area contributed by atoms with Crippen LogP contribution >= 0.6 is 11.3 Å². The van der Waals surface area contributed by atoms with Crippen LogP contribution in [0.15, 0.2) is 18.6 Å². The van der Waals surface area contributed by atoms with Crippen molar-refractivity contribution in [1.82, 2.24) is 25.6 Å². The quantitative estimate of drug-likeness (QED) is 0.707. The van der Waals surface area contributed by atoms with Gasteiger partial charge in [0.1, 0.15) is 35.0 Å². The Morgan fingerprint density at radius 2 is 2.31 bits per heavy atom. The number of nitrogens with zero attached hydrogens (tertiary/aromatic N) is 5. The summed E-state index contributed by atoms with van der Waals surface area (Å²) in [5.74, 6) is 1.32. The number of hydrogen-bond donors (Lipinski definition) is 3. The molecule has 3 rings (SSSR count). The first kappa shape index (κ1) is 18.0. The largest absolute Gasteiger partial charge is 0.353 e. The second kappa shape index (κ2) is 8.07. The van der Waals surface area contributed by atoms with Gasteiger partial charge >= 0.3 is 0 Å². The summed E-state index contributed by atoms with van der Waals surface area (Å²) in [6.45, 7) is 5.86. The summed E-state index contributed by atoms with van der Waals surface area (Å²) < 4.78 is 0. The van der Waals surface area contributed by atoms with Crippen molar-refractivity contribution in [2.24, 2.45) is 0 Å². The Bertz CT molecular complexity index is 815. The third kappa shape index (κ3) is 4.44. The molecule has 1 amide bonds. The van der Waals surface area contributed by atoms with Gasteiger partial charge in [-0.25, -0.2) is 15.0 Å². The highest BCUT2D eigenvalue weighted by Gasteiger charge is 2.26. The number of carbonyl (C=O) groups excluding carboxylic acids is 1. The lowest BCUT2D eigenvalue weighted by Crippen LogP contribution is -2.58. The topological polar surface area (TPSA) is 119 Å². The van der Waals surface area contributed by atoms with Crippen molar-refractivity contribution in [3.05, 3.63) is 23.5 Å². The zero-order valence-corrected chi connectivity index (χ0v) is 15.4. The van der Waals surface area contributed by atoms with E-state index >= 15 is 0 Å². The fraction of sp³-hybridized carbons (Fsp3) is 0.438. The average Bonchev–Trinajstić information content (AvgIpc) is 3.09. The van der Waals surface area contributed by atoms with E-state index in [2.05, 4.69) is 41.9 Å². The van der Waals surface area contributed by atoms with Gasteiger partial charge in [0.25, 0.3) is 0 Å². The molecule has 0 spiro atoms. The summed E-state index contributed by atoms with van der Waals surface area (Å²) in [6.07, 6.45) is 2.99. The van der Waals surface area contributed by atoms with Gasteiger partial charge in [-0.1, -0.05) is 11.3 Å². The van der Waals surface area contributed by atoms with Gasteiger partial charge in [-0.2, -0.15) is 5.26 Å². The Balaban J connectivity index is 1.69. The normalized spacial score (nSPS) is 17.0. The molecule has 3 heterocycles. The van der Waals surface area contributed by atoms with Gasteiger partial charge in [0.2, 0.25) is 5.91 Å². The molecule has 0 aromatic carbocycles. The van der Waals surface area contributed by atoms with E-state index in [1.165, 1.54) is 23.9 Å². The third-order valence-electron chi connectivity index (χ3n) is 3.75. The van der Waals surface area contributed by atoms with Gasteiger partial charge in [-0.15, -0.1) is 0 Å². The van der Waals surface area contributed by atoms with Gasteiger partial charge in [-0.05, 0) is 13.8 Å². The molecule has 1 unspecified atom stereocenters. The maximum absolute atomic E-state index is 12.2. The predicted molar refractivity (Wildman–Crippen MR) is 99.4 cm³/mol. The predicted octanol–water partition coefficient (Wildman–Crippen LogP) is 0.851. The monoisotopic (exact) mass is 372 g/mol. The molecule has 1 aliphatic rings. The van der Waals surface area contributed by atoms with Crippen LogP contribution in [0.25, 0.3) is 0 Å². The lowest BCUT2D eigenvalue weighted by molar-refractivity contribution is -0.123. The number of nitriles is 1. The Kier molecular flexibility index (Phi) is 5.60. The van der Waals surface area contributed by atoms with Crippen molar-refractivity contribution in [3.8, 4) is 6.07 Å². The Labute approximate surface area is 155 Å². The number of piperazine rings is 1. The molecule has 0 aliphatic carbocycles. The highest BCUT2D eigenvalue weighted by Crippen LogP contribution is 2.23. The second-order valence-electron chi connectivity index (χ2n) is 6.14. The molecule has 1 fully saturated rings. The van der Waals surface area contributed by atoms with E-state index in [4.69, 9.17) is 5.26 Å². The van der Waals surface area contributed by atoms with Crippen molar-refractivity contribution in [2.45, 2.75) is 25.9 Å². The van der Waals surface area contributed by atoms with E-state index in [1.54, 1.807) is 0 Å². The molecule has 2 aromatic heterocycles. The number of carbonyl (C=O) groups is 1. The molecule has 1 saturated heterocycles. The summed E-state index contributed by atoms with van der Waals surface area (Å²) in [5.41, 5.74) is 0. The molecule has 136 valence electrons. The summed E-state index contributed by atoms with van der Waals surface area (Å²) in [4.78, 5) is 27.5. The van der Waals surface area contributed by atoms with Gasteiger partial charge in [-0.3, -0.25) is 4.79 Å². The first-order chi connectivity index (χ1) is 12.5. The fourth-order valence-corrected chi connectivity index (χ4v) is 3.22. The molecular formula is C16H20N8OS. The van der Waals surface area contributed by atoms with Crippen LogP contribution in [-0.2, 0) is 4.79 Å². The highest BCUT2D eigenvalue weighted by molar-refractivity contribution is 7.16. The number of anilines is 3. The van der Waals surface area contributed by atoms with Crippen LogP contribution in [0.2, 0.25) is 0 Å². The van der Waals surface area contributed by atoms with E-state index in [1.807, 2.05) is 19.9 Å². The van der Waals surface area contributed by atoms with Crippen LogP contribution in [0.5, 0.6) is 0 Å². The molecule has 0 radical (unpaired) electrons. The number of thiazole rings is 1. The van der Waals surface area contributed by atoms with E-state index in [0.717, 1.165) is 12.4 Å². The van der Waals surface area contributed by atoms with Crippen LogP contribution in [0.4, 0.5) is 16.8 Å². The lowest BCUT2D eigenvalue weighted by Gasteiger charge is -2.34. The minimum atomic E-state index is -0.283.